The predicted molar refractivity (Wildman–Crippen MR) is 84.6 cm³/mol. The first-order valence-electron chi connectivity index (χ1n) is 6.06. The van der Waals surface area contributed by atoms with Crippen molar-refractivity contribution in [3.05, 3.63) is 50.9 Å². The third-order valence-electron chi connectivity index (χ3n) is 3.05. The Hall–Kier alpha value is -2.36. The molecule has 0 radical (unpaired) electrons. The van der Waals surface area contributed by atoms with Crippen molar-refractivity contribution in [2.45, 2.75) is 6.92 Å². The Morgan fingerprint density at radius 1 is 1.23 bits per heavy atom. The highest BCUT2D eigenvalue weighted by molar-refractivity contribution is 6.50. The van der Waals surface area contributed by atoms with Gasteiger partial charge in [0.25, 0.3) is 17.5 Å². The van der Waals surface area contributed by atoms with Gasteiger partial charge >= 0.3 is 0 Å². The lowest BCUT2D eigenvalue weighted by molar-refractivity contribution is -0.136. The molecule has 0 saturated carbocycles. The molecule has 8 heteroatoms. The average Bonchev–Trinajstić information content (AvgIpc) is 2.49. The second-order valence-corrected chi connectivity index (χ2v) is 5.27. The second-order valence-electron chi connectivity index (χ2n) is 4.46. The van der Waals surface area contributed by atoms with E-state index in [0.717, 1.165) is 4.90 Å². The fourth-order valence-electron chi connectivity index (χ4n) is 1.79. The number of halogens is 2. The summed E-state index contributed by atoms with van der Waals surface area (Å²) in [5.41, 5.74) is 3.30. The minimum Gasteiger partial charge on any atom is -0.286 e. The van der Waals surface area contributed by atoms with Gasteiger partial charge in [0, 0.05) is 7.05 Å². The van der Waals surface area contributed by atoms with Crippen LogP contribution in [0.15, 0.2) is 34.6 Å². The maximum Gasteiger partial charge on any atom is 0.278 e. The molecule has 0 unspecified atom stereocenters. The van der Waals surface area contributed by atoms with Gasteiger partial charge in [-0.15, -0.1) is 0 Å². The molecule has 1 N–H and O–H groups in total. The molecule has 1 aromatic rings. The van der Waals surface area contributed by atoms with Crippen molar-refractivity contribution in [1.82, 2.24) is 4.90 Å². The number of hydrogen-bond donors (Lipinski definition) is 1. The van der Waals surface area contributed by atoms with Crippen molar-refractivity contribution < 1.29 is 9.59 Å². The molecule has 0 saturated heterocycles. The number of hydrazone groups is 1. The van der Waals surface area contributed by atoms with Crippen LogP contribution in [0.25, 0.3) is 4.85 Å². The number of benzene rings is 1. The Morgan fingerprint density at radius 2 is 1.91 bits per heavy atom. The molecule has 1 aromatic carbocycles. The van der Waals surface area contributed by atoms with E-state index in [2.05, 4.69) is 15.4 Å². The summed E-state index contributed by atoms with van der Waals surface area (Å²) in [7, 11) is 1.30. The van der Waals surface area contributed by atoms with Gasteiger partial charge in [0.1, 0.15) is 5.71 Å². The minimum atomic E-state index is -0.633. The second kappa shape index (κ2) is 6.18. The summed E-state index contributed by atoms with van der Waals surface area (Å²) in [6.45, 7) is 8.56. The van der Waals surface area contributed by atoms with Gasteiger partial charge in [-0.05, 0) is 30.7 Å². The van der Waals surface area contributed by atoms with Crippen LogP contribution in [0.3, 0.4) is 0 Å². The number of anilines is 1. The Bertz CT molecular complexity index is 778. The molecule has 0 bridgehead atoms. The van der Waals surface area contributed by atoms with E-state index in [-0.39, 0.29) is 17.0 Å². The normalized spacial score (nSPS) is 17.0. The highest BCUT2D eigenvalue weighted by Gasteiger charge is 2.34. The summed E-state index contributed by atoms with van der Waals surface area (Å²) in [6, 6.07) is 4.76. The smallest absolute Gasteiger partial charge is 0.278 e. The average molecular weight is 337 g/mol. The number of likely N-dealkylation sites (N-methyl/N-ethyl adjacent to an activating group) is 1. The van der Waals surface area contributed by atoms with E-state index in [1.807, 2.05) is 0 Å². The summed E-state index contributed by atoms with van der Waals surface area (Å²) < 4.78 is 0. The van der Waals surface area contributed by atoms with Crippen LogP contribution in [-0.2, 0) is 9.59 Å². The van der Waals surface area contributed by atoms with E-state index in [0.29, 0.717) is 15.7 Å². The number of amides is 2. The number of carbonyl (C=O) groups is 2. The quantitative estimate of drug-likeness (QED) is 0.513. The molecule has 0 aromatic heterocycles. The Labute approximate surface area is 136 Å². The number of carbonyl (C=O) groups excluding carboxylic acids is 2. The van der Waals surface area contributed by atoms with Gasteiger partial charge in [-0.1, -0.05) is 23.2 Å². The van der Waals surface area contributed by atoms with Gasteiger partial charge in [-0.2, -0.15) is 5.10 Å². The lowest BCUT2D eigenvalue weighted by Gasteiger charge is -2.22. The largest absolute Gasteiger partial charge is 0.286 e. The van der Waals surface area contributed by atoms with E-state index in [1.165, 1.54) is 14.0 Å². The van der Waals surface area contributed by atoms with Crippen molar-refractivity contribution in [3.8, 4) is 0 Å². The Morgan fingerprint density at radius 3 is 2.50 bits per heavy atom. The summed E-state index contributed by atoms with van der Waals surface area (Å²) in [5, 5.41) is 4.72. The lowest BCUT2D eigenvalue weighted by Crippen LogP contribution is -2.44. The summed E-state index contributed by atoms with van der Waals surface area (Å²) >= 11 is 11.7. The molecule has 2 rings (SSSR count). The molecule has 0 spiro atoms. The van der Waals surface area contributed by atoms with E-state index in [4.69, 9.17) is 29.8 Å². The fourth-order valence-corrected chi connectivity index (χ4v) is 2.09. The van der Waals surface area contributed by atoms with E-state index in [9.17, 15) is 9.59 Å². The molecule has 0 atom stereocenters. The number of nitrogens with one attached hydrogen (secondary N) is 1. The molecule has 1 aliphatic rings. The maximum absolute atomic E-state index is 12.1. The lowest BCUT2D eigenvalue weighted by atomic mass is 10.0. The van der Waals surface area contributed by atoms with Gasteiger partial charge in [-0.25, -0.2) is 4.85 Å². The Kier molecular flexibility index (Phi) is 4.50. The molecule has 112 valence electrons. The zero-order valence-corrected chi connectivity index (χ0v) is 13.2. The molecule has 1 heterocycles. The predicted octanol–water partition coefficient (Wildman–Crippen LogP) is 2.95. The van der Waals surface area contributed by atoms with Crippen molar-refractivity contribution in [2.24, 2.45) is 5.10 Å². The van der Waals surface area contributed by atoms with Gasteiger partial charge < -0.3 is 0 Å². The number of hydrogen-bond acceptors (Lipinski definition) is 4. The van der Waals surface area contributed by atoms with Gasteiger partial charge in [0.05, 0.1) is 22.3 Å². The van der Waals surface area contributed by atoms with E-state index >= 15 is 0 Å². The van der Waals surface area contributed by atoms with Crippen LogP contribution in [0, 0.1) is 6.57 Å². The molecule has 2 amide bonds. The molecule has 0 fully saturated rings. The standard InChI is InChI=1S/C14H10Cl2N4O2/c1-7-11(17-2)13(21)20(3)14(22)12(7)19-18-8-4-5-9(15)10(16)6-8/h4-6,18H,1,3H3/b19-12-. The van der Waals surface area contributed by atoms with Crippen LogP contribution >= 0.6 is 23.2 Å². The number of rotatable bonds is 2. The van der Waals surface area contributed by atoms with Gasteiger partial charge in [0.15, 0.2) is 0 Å². The third-order valence-corrected chi connectivity index (χ3v) is 3.79. The highest BCUT2D eigenvalue weighted by Crippen LogP contribution is 2.25. The van der Waals surface area contributed by atoms with Crippen LogP contribution in [0.2, 0.25) is 10.0 Å². The zero-order chi connectivity index (χ0) is 16.4. The van der Waals surface area contributed by atoms with Crippen LogP contribution in [0.5, 0.6) is 0 Å². The topological polar surface area (TPSA) is 66.1 Å². The first kappa shape index (κ1) is 16.0. The first-order valence-corrected chi connectivity index (χ1v) is 6.82. The van der Waals surface area contributed by atoms with E-state index < -0.39 is 11.8 Å². The van der Waals surface area contributed by atoms with Crippen LogP contribution in [0.1, 0.15) is 6.92 Å². The zero-order valence-electron chi connectivity index (χ0n) is 11.6. The van der Waals surface area contributed by atoms with Crippen molar-refractivity contribution in [3.63, 3.8) is 0 Å². The van der Waals surface area contributed by atoms with Crippen LogP contribution < -0.4 is 5.43 Å². The SMILES string of the molecule is [C-]#[N+]C1=C(C)/C(=N/Nc2ccc(Cl)c(Cl)c2)C(=O)N(C)C1=O. The van der Waals surface area contributed by atoms with Crippen molar-refractivity contribution >= 4 is 46.4 Å². The molecule has 22 heavy (non-hydrogen) atoms. The number of nitrogens with zero attached hydrogens (tertiary/aromatic N) is 3. The van der Waals surface area contributed by atoms with Crippen LogP contribution in [-0.4, -0.2) is 29.5 Å². The number of imide groups is 1. The van der Waals surface area contributed by atoms with Gasteiger partial charge in [0.2, 0.25) is 0 Å². The monoisotopic (exact) mass is 336 g/mol. The fraction of sp³-hybridized carbons (Fsp3) is 0.143. The Balaban J connectivity index is 2.39. The first-order chi connectivity index (χ1) is 10.4. The summed E-state index contributed by atoms with van der Waals surface area (Å²) in [5.74, 6) is -1.21. The third kappa shape index (κ3) is 2.82. The highest BCUT2D eigenvalue weighted by atomic mass is 35.5. The molecule has 6 nitrogen and oxygen atoms in total. The van der Waals surface area contributed by atoms with Gasteiger partial charge in [-0.3, -0.25) is 19.9 Å². The molecule has 0 aliphatic carbocycles. The minimum absolute atomic E-state index is 0.000766. The van der Waals surface area contributed by atoms with E-state index in [1.54, 1.807) is 18.2 Å². The molecule has 1 aliphatic heterocycles. The maximum atomic E-state index is 12.1. The van der Waals surface area contributed by atoms with Crippen molar-refractivity contribution in [1.29, 1.82) is 0 Å². The van der Waals surface area contributed by atoms with Crippen LogP contribution in [0.4, 0.5) is 5.69 Å². The summed E-state index contributed by atoms with van der Waals surface area (Å²) in [4.78, 5) is 27.9. The van der Waals surface area contributed by atoms with Crippen molar-refractivity contribution in [2.75, 3.05) is 12.5 Å². The molecular formula is C14H10Cl2N4O2. The summed E-state index contributed by atoms with van der Waals surface area (Å²) in [6.07, 6.45) is 0. The molecular weight excluding hydrogens is 327 g/mol.